The van der Waals surface area contributed by atoms with Crippen LogP contribution in [0.15, 0.2) is 25.3 Å². The molecular weight excluding hydrogens is 183 g/mol. The standard InChI is InChI=1S/C6H10S.H3O3P/c1-3-5-7-6-4-2;1-4(2)3/h3-4H,1-2,5-6H2;4H,(H2,1,2,3). The molecule has 0 heterocycles. The normalized spacial score (nSPS) is 8.27. The van der Waals surface area contributed by atoms with Crippen LogP contribution in [0.3, 0.4) is 0 Å². The highest BCUT2D eigenvalue weighted by Gasteiger charge is 1.73. The van der Waals surface area contributed by atoms with Gasteiger partial charge < -0.3 is 9.79 Å². The van der Waals surface area contributed by atoms with Gasteiger partial charge in [-0.25, -0.2) is 0 Å². The Morgan fingerprint density at radius 1 is 1.27 bits per heavy atom. The number of hydrogen-bond donors (Lipinski definition) is 2. The zero-order chi connectivity index (χ0) is 9.11. The van der Waals surface area contributed by atoms with Crippen molar-refractivity contribution >= 4 is 20.0 Å². The lowest BCUT2D eigenvalue weighted by molar-refractivity contribution is 0.405. The molecule has 0 unspecified atom stereocenters. The molecule has 0 aromatic rings. The third kappa shape index (κ3) is 40.1. The summed E-state index contributed by atoms with van der Waals surface area (Å²) < 4.78 is 8.74. The molecule has 11 heavy (non-hydrogen) atoms. The van der Waals surface area contributed by atoms with Crippen molar-refractivity contribution in [3.63, 3.8) is 0 Å². The highest BCUT2D eigenvalue weighted by molar-refractivity contribution is 7.99. The summed E-state index contributed by atoms with van der Waals surface area (Å²) >= 11 is 1.82. The predicted octanol–water partition coefficient (Wildman–Crippen LogP) is 1.45. The number of hydrogen-bond acceptors (Lipinski definition) is 2. The van der Waals surface area contributed by atoms with E-state index in [2.05, 4.69) is 13.2 Å². The molecule has 0 spiro atoms. The van der Waals surface area contributed by atoms with E-state index in [0.29, 0.717) is 0 Å². The van der Waals surface area contributed by atoms with Crippen LogP contribution in [0.5, 0.6) is 0 Å². The molecule has 0 aliphatic heterocycles. The number of thioether (sulfide) groups is 1. The fourth-order valence-electron chi connectivity index (χ4n) is 0.235. The first-order valence-electron chi connectivity index (χ1n) is 2.86. The van der Waals surface area contributed by atoms with Gasteiger partial charge in [-0.05, 0) is 0 Å². The molecule has 66 valence electrons. The quantitative estimate of drug-likeness (QED) is 0.406. The average Bonchev–Trinajstić information content (AvgIpc) is 1.88. The largest absolute Gasteiger partial charge is 0.326 e. The van der Waals surface area contributed by atoms with Crippen molar-refractivity contribution in [2.24, 2.45) is 0 Å². The Bertz CT molecular complexity index is 115. The Morgan fingerprint density at radius 3 is 1.73 bits per heavy atom. The smallest absolute Gasteiger partial charge is 0.314 e. The van der Waals surface area contributed by atoms with Gasteiger partial charge in [0.15, 0.2) is 0 Å². The first-order valence-corrected chi connectivity index (χ1v) is 5.32. The molecule has 0 saturated carbocycles. The Hall–Kier alpha value is -0.0200. The average molecular weight is 196 g/mol. The fraction of sp³-hybridized carbons (Fsp3) is 0.333. The van der Waals surface area contributed by atoms with Crippen LogP contribution in [0.4, 0.5) is 0 Å². The van der Waals surface area contributed by atoms with Crippen molar-refractivity contribution in [2.75, 3.05) is 11.5 Å². The summed E-state index contributed by atoms with van der Waals surface area (Å²) in [6, 6.07) is 0. The topological polar surface area (TPSA) is 57.5 Å². The lowest BCUT2D eigenvalue weighted by Crippen LogP contribution is -1.69. The lowest BCUT2D eigenvalue weighted by atomic mass is 10.8. The van der Waals surface area contributed by atoms with Gasteiger partial charge >= 0.3 is 8.25 Å². The molecule has 2 N–H and O–H groups in total. The van der Waals surface area contributed by atoms with Gasteiger partial charge in [0.05, 0.1) is 0 Å². The molecule has 0 aliphatic carbocycles. The van der Waals surface area contributed by atoms with Gasteiger partial charge in [0.2, 0.25) is 0 Å². The third-order valence-corrected chi connectivity index (χ3v) is 1.41. The van der Waals surface area contributed by atoms with E-state index in [0.717, 1.165) is 11.5 Å². The van der Waals surface area contributed by atoms with Gasteiger partial charge in [0.1, 0.15) is 0 Å². The maximum atomic E-state index is 8.74. The van der Waals surface area contributed by atoms with Gasteiger partial charge in [-0.15, -0.1) is 13.2 Å². The third-order valence-electron chi connectivity index (χ3n) is 0.471. The van der Waals surface area contributed by atoms with E-state index in [9.17, 15) is 0 Å². The SMILES string of the molecule is C=CCSCC=C.O=[PH](O)O. The molecular formula is C6H13O3PS. The molecule has 0 bridgehead atoms. The van der Waals surface area contributed by atoms with Crippen LogP contribution in [0.25, 0.3) is 0 Å². The minimum atomic E-state index is -3.13. The van der Waals surface area contributed by atoms with Crippen LogP contribution in [-0.2, 0) is 4.57 Å². The second kappa shape index (κ2) is 12.6. The summed E-state index contributed by atoms with van der Waals surface area (Å²) in [4.78, 5) is 14.3. The van der Waals surface area contributed by atoms with Crippen LogP contribution in [-0.4, -0.2) is 21.3 Å². The van der Waals surface area contributed by atoms with E-state index in [1.165, 1.54) is 0 Å². The van der Waals surface area contributed by atoms with Gasteiger partial charge in [0, 0.05) is 11.5 Å². The van der Waals surface area contributed by atoms with Crippen molar-refractivity contribution < 1.29 is 14.4 Å². The van der Waals surface area contributed by atoms with Crippen molar-refractivity contribution in [1.29, 1.82) is 0 Å². The maximum absolute atomic E-state index is 8.74. The van der Waals surface area contributed by atoms with Crippen molar-refractivity contribution in [3.05, 3.63) is 25.3 Å². The second-order valence-corrected chi connectivity index (χ2v) is 3.04. The Labute approximate surface area is 71.8 Å². The van der Waals surface area contributed by atoms with Crippen molar-refractivity contribution in [2.45, 2.75) is 0 Å². The minimum Gasteiger partial charge on any atom is -0.326 e. The molecule has 0 aromatic carbocycles. The summed E-state index contributed by atoms with van der Waals surface area (Å²) in [5.74, 6) is 2.07. The Morgan fingerprint density at radius 2 is 1.55 bits per heavy atom. The second-order valence-electron chi connectivity index (χ2n) is 1.40. The predicted molar refractivity (Wildman–Crippen MR) is 51.2 cm³/mol. The van der Waals surface area contributed by atoms with Crippen LogP contribution in [0.2, 0.25) is 0 Å². The molecule has 0 fully saturated rings. The van der Waals surface area contributed by atoms with Crippen LogP contribution < -0.4 is 0 Å². The Kier molecular flexibility index (Phi) is 15.6. The van der Waals surface area contributed by atoms with Crippen LogP contribution in [0.1, 0.15) is 0 Å². The van der Waals surface area contributed by atoms with Gasteiger partial charge in [-0.3, -0.25) is 4.57 Å². The summed E-state index contributed by atoms with van der Waals surface area (Å²) in [7, 11) is -3.13. The molecule has 0 aliphatic rings. The summed E-state index contributed by atoms with van der Waals surface area (Å²) in [5, 5.41) is 0. The van der Waals surface area contributed by atoms with Crippen molar-refractivity contribution in [1.82, 2.24) is 0 Å². The maximum Gasteiger partial charge on any atom is 0.314 e. The van der Waals surface area contributed by atoms with E-state index >= 15 is 0 Å². The zero-order valence-corrected chi connectivity index (χ0v) is 8.01. The minimum absolute atomic E-state index is 1.03. The van der Waals surface area contributed by atoms with E-state index < -0.39 is 8.25 Å². The Balaban J connectivity index is 0. The molecule has 0 atom stereocenters. The molecule has 3 nitrogen and oxygen atoms in total. The summed E-state index contributed by atoms with van der Waals surface area (Å²) in [5.41, 5.74) is 0. The zero-order valence-electron chi connectivity index (χ0n) is 6.19. The van der Waals surface area contributed by atoms with Gasteiger partial charge in [0.25, 0.3) is 0 Å². The van der Waals surface area contributed by atoms with Crippen LogP contribution in [0, 0.1) is 0 Å². The van der Waals surface area contributed by atoms with Gasteiger partial charge in [-0.2, -0.15) is 11.8 Å². The van der Waals surface area contributed by atoms with E-state index in [4.69, 9.17) is 14.4 Å². The molecule has 0 rings (SSSR count). The fourth-order valence-corrected chi connectivity index (χ4v) is 0.704. The number of rotatable bonds is 4. The van der Waals surface area contributed by atoms with Gasteiger partial charge in [-0.1, -0.05) is 12.2 Å². The molecule has 0 amide bonds. The lowest BCUT2D eigenvalue weighted by Gasteiger charge is -1.85. The molecule has 5 heteroatoms. The van der Waals surface area contributed by atoms with Crippen molar-refractivity contribution in [3.8, 4) is 0 Å². The summed E-state index contributed by atoms with van der Waals surface area (Å²) in [6.45, 7) is 7.15. The molecule has 0 saturated heterocycles. The first-order chi connectivity index (χ1) is 5.15. The molecule has 0 radical (unpaired) electrons. The monoisotopic (exact) mass is 196 g/mol. The van der Waals surface area contributed by atoms with E-state index in [1.807, 2.05) is 23.9 Å². The highest BCUT2D eigenvalue weighted by atomic mass is 32.2. The highest BCUT2D eigenvalue weighted by Crippen LogP contribution is 1.98. The van der Waals surface area contributed by atoms with E-state index in [1.54, 1.807) is 0 Å². The first kappa shape index (κ1) is 13.6. The summed E-state index contributed by atoms with van der Waals surface area (Å²) in [6.07, 6.45) is 3.79. The van der Waals surface area contributed by atoms with Crippen LogP contribution >= 0.6 is 20.0 Å². The van der Waals surface area contributed by atoms with E-state index in [-0.39, 0.29) is 0 Å². The molecule has 0 aromatic heterocycles.